The van der Waals surface area contributed by atoms with E-state index < -0.39 is 0 Å². The van der Waals surface area contributed by atoms with E-state index in [2.05, 4.69) is 26.0 Å². The minimum Gasteiger partial charge on any atom is -0.381 e. The lowest BCUT2D eigenvalue weighted by atomic mass is 9.76. The molecule has 0 amide bonds. The van der Waals surface area contributed by atoms with Gasteiger partial charge in [0.15, 0.2) is 0 Å². The van der Waals surface area contributed by atoms with E-state index in [0.29, 0.717) is 12.4 Å². The molecule has 2 saturated heterocycles. The Labute approximate surface area is 135 Å². The number of anilines is 1. The number of nitrogens with zero attached hydrogens (tertiary/aromatic N) is 5. The van der Waals surface area contributed by atoms with Crippen LogP contribution in [0.15, 0.2) is 12.4 Å². The van der Waals surface area contributed by atoms with Crippen LogP contribution in [0.25, 0.3) is 5.78 Å². The predicted octanol–water partition coefficient (Wildman–Crippen LogP) is 1.67. The summed E-state index contributed by atoms with van der Waals surface area (Å²) in [5.41, 5.74) is 1.18. The number of hydrogen-bond donors (Lipinski definition) is 0. The Morgan fingerprint density at radius 3 is 3.09 bits per heavy atom. The van der Waals surface area contributed by atoms with Crippen molar-refractivity contribution in [2.24, 2.45) is 5.41 Å². The Morgan fingerprint density at radius 1 is 1.35 bits per heavy atom. The molecule has 124 valence electrons. The van der Waals surface area contributed by atoms with Crippen molar-refractivity contribution in [3.63, 3.8) is 0 Å². The quantitative estimate of drug-likeness (QED) is 0.858. The molecule has 2 aromatic heterocycles. The molecule has 2 aromatic rings. The molecule has 0 radical (unpaired) electrons. The molecule has 2 fully saturated rings. The van der Waals surface area contributed by atoms with Crippen molar-refractivity contribution in [2.75, 3.05) is 38.3 Å². The maximum Gasteiger partial charge on any atom is 0.254 e. The van der Waals surface area contributed by atoms with Gasteiger partial charge in [0.2, 0.25) is 0 Å². The first-order valence-corrected chi connectivity index (χ1v) is 8.31. The third-order valence-corrected chi connectivity index (χ3v) is 4.97. The van der Waals surface area contributed by atoms with Gasteiger partial charge in [-0.1, -0.05) is 0 Å². The van der Waals surface area contributed by atoms with Gasteiger partial charge < -0.3 is 14.4 Å². The fourth-order valence-corrected chi connectivity index (χ4v) is 3.93. The summed E-state index contributed by atoms with van der Waals surface area (Å²) >= 11 is 0. The molecule has 0 aliphatic carbocycles. The van der Waals surface area contributed by atoms with Crippen LogP contribution < -0.4 is 4.90 Å². The van der Waals surface area contributed by atoms with Gasteiger partial charge >= 0.3 is 0 Å². The van der Waals surface area contributed by atoms with E-state index in [1.807, 2.05) is 4.52 Å². The molecule has 4 rings (SSSR count). The molecule has 0 bridgehead atoms. The van der Waals surface area contributed by atoms with Crippen LogP contribution in [0.5, 0.6) is 0 Å². The largest absolute Gasteiger partial charge is 0.381 e. The zero-order chi connectivity index (χ0) is 15.7. The SMILES string of the molecule is COCc1cc(N2CCCC3(CCCOC3)C2)n2ncnc2n1. The molecule has 2 aliphatic heterocycles. The first-order chi connectivity index (χ1) is 11.3. The number of hydrogen-bond acceptors (Lipinski definition) is 6. The summed E-state index contributed by atoms with van der Waals surface area (Å²) in [5.74, 6) is 1.69. The summed E-state index contributed by atoms with van der Waals surface area (Å²) in [4.78, 5) is 11.2. The maximum atomic E-state index is 5.79. The summed E-state index contributed by atoms with van der Waals surface area (Å²) in [6.07, 6.45) is 6.41. The second kappa shape index (κ2) is 6.05. The molecule has 1 atom stereocenters. The lowest BCUT2D eigenvalue weighted by Crippen LogP contribution is -2.48. The molecule has 2 aliphatic rings. The number of fused-ring (bicyclic) bond motifs is 1. The second-order valence-electron chi connectivity index (χ2n) is 6.69. The number of methoxy groups -OCH3 is 1. The fraction of sp³-hybridized carbons (Fsp3) is 0.688. The molecule has 0 saturated carbocycles. The van der Waals surface area contributed by atoms with Gasteiger partial charge in [0.05, 0.1) is 18.9 Å². The van der Waals surface area contributed by atoms with Crippen LogP contribution in [-0.4, -0.2) is 53.0 Å². The van der Waals surface area contributed by atoms with Gasteiger partial charge in [-0.25, -0.2) is 4.98 Å². The van der Waals surface area contributed by atoms with Crippen LogP contribution in [0.3, 0.4) is 0 Å². The molecule has 0 aromatic carbocycles. The zero-order valence-corrected chi connectivity index (χ0v) is 13.6. The number of aromatic nitrogens is 4. The summed E-state index contributed by atoms with van der Waals surface area (Å²) < 4.78 is 12.9. The average Bonchev–Trinajstić information content (AvgIpc) is 3.04. The van der Waals surface area contributed by atoms with Gasteiger partial charge in [0, 0.05) is 38.3 Å². The van der Waals surface area contributed by atoms with Crippen molar-refractivity contribution in [1.82, 2.24) is 19.6 Å². The van der Waals surface area contributed by atoms with Crippen LogP contribution in [0.1, 0.15) is 31.4 Å². The van der Waals surface area contributed by atoms with Crippen molar-refractivity contribution in [3.05, 3.63) is 18.1 Å². The predicted molar refractivity (Wildman–Crippen MR) is 85.4 cm³/mol. The standard InChI is InChI=1S/C16H23N5O2/c1-22-9-13-8-14(21-15(19-13)17-12-18-21)20-6-2-4-16(10-20)5-3-7-23-11-16/h8,12H,2-7,9-11H2,1H3. The Kier molecular flexibility index (Phi) is 3.90. The van der Waals surface area contributed by atoms with Crippen molar-refractivity contribution in [1.29, 1.82) is 0 Å². The van der Waals surface area contributed by atoms with Crippen molar-refractivity contribution in [2.45, 2.75) is 32.3 Å². The summed E-state index contributed by atoms with van der Waals surface area (Å²) in [6, 6.07) is 2.08. The van der Waals surface area contributed by atoms with E-state index in [-0.39, 0.29) is 5.41 Å². The molecule has 1 spiro atoms. The second-order valence-corrected chi connectivity index (χ2v) is 6.69. The fourth-order valence-electron chi connectivity index (χ4n) is 3.93. The lowest BCUT2D eigenvalue weighted by Gasteiger charge is -2.45. The number of piperidine rings is 1. The van der Waals surface area contributed by atoms with E-state index >= 15 is 0 Å². The molecular formula is C16H23N5O2. The first-order valence-electron chi connectivity index (χ1n) is 8.31. The van der Waals surface area contributed by atoms with Crippen LogP contribution in [0.2, 0.25) is 0 Å². The number of ether oxygens (including phenoxy) is 2. The first kappa shape index (κ1) is 14.8. The Balaban J connectivity index is 1.68. The highest BCUT2D eigenvalue weighted by molar-refractivity contribution is 5.48. The third-order valence-electron chi connectivity index (χ3n) is 4.97. The Hall–Kier alpha value is -1.73. The van der Waals surface area contributed by atoms with Crippen LogP contribution in [-0.2, 0) is 16.1 Å². The van der Waals surface area contributed by atoms with Gasteiger partial charge in [-0.2, -0.15) is 14.6 Å². The van der Waals surface area contributed by atoms with E-state index in [4.69, 9.17) is 9.47 Å². The minimum absolute atomic E-state index is 0.286. The monoisotopic (exact) mass is 317 g/mol. The summed E-state index contributed by atoms with van der Waals surface area (Å²) in [5, 5.41) is 4.36. The molecule has 1 unspecified atom stereocenters. The average molecular weight is 317 g/mol. The van der Waals surface area contributed by atoms with Gasteiger partial charge in [0.25, 0.3) is 5.78 Å². The highest BCUT2D eigenvalue weighted by Gasteiger charge is 2.38. The van der Waals surface area contributed by atoms with E-state index in [1.165, 1.54) is 19.3 Å². The van der Waals surface area contributed by atoms with E-state index in [0.717, 1.165) is 44.2 Å². The molecule has 7 heteroatoms. The highest BCUT2D eigenvalue weighted by atomic mass is 16.5. The number of rotatable bonds is 3. The van der Waals surface area contributed by atoms with Crippen molar-refractivity contribution >= 4 is 11.6 Å². The topological polar surface area (TPSA) is 64.8 Å². The smallest absolute Gasteiger partial charge is 0.254 e. The Bertz CT molecular complexity index is 675. The molecule has 23 heavy (non-hydrogen) atoms. The summed E-state index contributed by atoms with van der Waals surface area (Å²) in [6.45, 7) is 4.31. The maximum absolute atomic E-state index is 5.79. The summed E-state index contributed by atoms with van der Waals surface area (Å²) in [7, 11) is 1.69. The van der Waals surface area contributed by atoms with Crippen molar-refractivity contribution < 1.29 is 9.47 Å². The normalized spacial score (nSPS) is 25.3. The van der Waals surface area contributed by atoms with E-state index in [1.54, 1.807) is 13.4 Å². The molecular weight excluding hydrogens is 294 g/mol. The van der Waals surface area contributed by atoms with E-state index in [9.17, 15) is 0 Å². The van der Waals surface area contributed by atoms with Gasteiger partial charge in [-0.05, 0) is 25.7 Å². The molecule has 4 heterocycles. The van der Waals surface area contributed by atoms with Crippen LogP contribution in [0.4, 0.5) is 5.82 Å². The lowest BCUT2D eigenvalue weighted by molar-refractivity contribution is -0.0151. The molecule has 0 N–H and O–H groups in total. The Morgan fingerprint density at radius 2 is 2.26 bits per heavy atom. The van der Waals surface area contributed by atoms with Gasteiger partial charge in [0.1, 0.15) is 12.1 Å². The molecule has 7 nitrogen and oxygen atoms in total. The third kappa shape index (κ3) is 2.79. The highest BCUT2D eigenvalue weighted by Crippen LogP contribution is 2.39. The van der Waals surface area contributed by atoms with Crippen molar-refractivity contribution in [3.8, 4) is 0 Å². The van der Waals surface area contributed by atoms with Gasteiger partial charge in [-0.3, -0.25) is 0 Å². The van der Waals surface area contributed by atoms with Crippen LogP contribution >= 0.6 is 0 Å². The zero-order valence-electron chi connectivity index (χ0n) is 13.6. The van der Waals surface area contributed by atoms with Gasteiger partial charge in [-0.15, -0.1) is 0 Å². The van der Waals surface area contributed by atoms with Crippen LogP contribution in [0, 0.1) is 5.41 Å². The minimum atomic E-state index is 0.286.